The molecule has 0 N–H and O–H groups in total. The van der Waals surface area contributed by atoms with Crippen LogP contribution in [0.15, 0.2) is 121 Å². The predicted octanol–water partition coefficient (Wildman–Crippen LogP) is 11.2. The Balaban J connectivity index is 1.41. The molecule has 2 heterocycles. The lowest BCUT2D eigenvalue weighted by Gasteiger charge is -2.13. The van der Waals surface area contributed by atoms with E-state index in [-0.39, 0.29) is 0 Å². The molecule has 42 heavy (non-hydrogen) atoms. The fourth-order valence-electron chi connectivity index (χ4n) is 5.98. The molecule has 8 aromatic rings. The molecular formula is C38H20N2S2. The number of fused-ring (bicyclic) bond motifs is 6. The molecule has 0 unspecified atom stereocenters. The molecule has 8 rings (SSSR count). The normalized spacial score (nSPS) is 11.3. The van der Waals surface area contributed by atoms with Gasteiger partial charge in [-0.2, -0.15) is 10.5 Å². The van der Waals surface area contributed by atoms with Crippen molar-refractivity contribution in [2.45, 2.75) is 0 Å². The van der Waals surface area contributed by atoms with Crippen LogP contribution in [0.3, 0.4) is 0 Å². The maximum atomic E-state index is 9.95. The van der Waals surface area contributed by atoms with Gasteiger partial charge in [-0.05, 0) is 100 Å². The van der Waals surface area contributed by atoms with E-state index in [0.29, 0.717) is 11.1 Å². The van der Waals surface area contributed by atoms with Crippen LogP contribution in [0.4, 0.5) is 0 Å². The van der Waals surface area contributed by atoms with Crippen molar-refractivity contribution in [1.29, 1.82) is 10.5 Å². The topological polar surface area (TPSA) is 47.6 Å². The van der Waals surface area contributed by atoms with Crippen molar-refractivity contribution < 1.29 is 0 Å². The van der Waals surface area contributed by atoms with Gasteiger partial charge in [0.1, 0.15) is 0 Å². The maximum Gasteiger partial charge on any atom is 0.0998 e. The van der Waals surface area contributed by atoms with E-state index in [4.69, 9.17) is 0 Å². The van der Waals surface area contributed by atoms with Gasteiger partial charge in [-0.25, -0.2) is 0 Å². The zero-order valence-electron chi connectivity index (χ0n) is 22.3. The summed E-state index contributed by atoms with van der Waals surface area (Å²) in [6.07, 6.45) is 0. The van der Waals surface area contributed by atoms with Gasteiger partial charge in [-0.15, -0.1) is 22.7 Å². The molecule has 0 aliphatic carbocycles. The van der Waals surface area contributed by atoms with Crippen molar-refractivity contribution >= 4 is 63.0 Å². The molecule has 0 fully saturated rings. The lowest BCUT2D eigenvalue weighted by molar-refractivity contribution is 1.48. The number of nitriles is 2. The lowest BCUT2D eigenvalue weighted by atomic mass is 9.90. The van der Waals surface area contributed by atoms with Crippen LogP contribution in [0.2, 0.25) is 0 Å². The van der Waals surface area contributed by atoms with Crippen LogP contribution < -0.4 is 0 Å². The van der Waals surface area contributed by atoms with E-state index >= 15 is 0 Å². The van der Waals surface area contributed by atoms with E-state index in [0.717, 1.165) is 38.6 Å². The molecule has 6 aromatic carbocycles. The third-order valence-corrected chi connectivity index (χ3v) is 10.2. The highest BCUT2D eigenvalue weighted by Crippen LogP contribution is 2.43. The second kappa shape index (κ2) is 9.68. The highest BCUT2D eigenvalue weighted by molar-refractivity contribution is 7.26. The summed E-state index contributed by atoms with van der Waals surface area (Å²) in [7, 11) is 0. The first-order chi connectivity index (χ1) is 20.7. The molecule has 0 saturated heterocycles. The molecule has 0 bridgehead atoms. The summed E-state index contributed by atoms with van der Waals surface area (Å²) in [5, 5.41) is 24.3. The summed E-state index contributed by atoms with van der Waals surface area (Å²) in [6.45, 7) is 0. The Kier molecular flexibility index (Phi) is 5.66. The molecule has 0 atom stereocenters. The average molecular weight is 569 g/mol. The van der Waals surface area contributed by atoms with E-state index in [1.54, 1.807) is 11.3 Å². The van der Waals surface area contributed by atoms with Gasteiger partial charge in [0.15, 0.2) is 0 Å². The quantitative estimate of drug-likeness (QED) is 0.213. The molecule has 194 valence electrons. The van der Waals surface area contributed by atoms with Gasteiger partial charge in [-0.3, -0.25) is 0 Å². The lowest BCUT2D eigenvalue weighted by Crippen LogP contribution is -1.89. The van der Waals surface area contributed by atoms with Crippen LogP contribution in [0.25, 0.3) is 73.7 Å². The molecule has 2 nitrogen and oxygen atoms in total. The smallest absolute Gasteiger partial charge is 0.0998 e. The molecule has 0 radical (unpaired) electrons. The standard InChI is InChI=1S/C38H20N2S2/c39-21-23-12-14-35-32(16-23)33-20-24(13-15-36(33)41-35)26-17-27(29-7-2-1-6-25(29)22-40)19-28(18-26)30-9-5-11-37-38(30)31-8-3-4-10-34(31)42-37/h1-20H. The number of benzene rings is 6. The molecule has 0 aliphatic heterocycles. The van der Waals surface area contributed by atoms with Crippen LogP contribution in [-0.4, -0.2) is 0 Å². The molecule has 0 aliphatic rings. The van der Waals surface area contributed by atoms with Gasteiger partial charge < -0.3 is 0 Å². The minimum atomic E-state index is 0.656. The summed E-state index contributed by atoms with van der Waals surface area (Å²) >= 11 is 3.57. The molecular weight excluding hydrogens is 549 g/mol. The summed E-state index contributed by atoms with van der Waals surface area (Å²) in [5.41, 5.74) is 7.75. The van der Waals surface area contributed by atoms with Gasteiger partial charge >= 0.3 is 0 Å². The van der Waals surface area contributed by atoms with Crippen LogP contribution >= 0.6 is 22.7 Å². The SMILES string of the molecule is N#Cc1ccc2sc3ccc(-c4cc(-c5ccccc5C#N)cc(-c5cccc6sc7ccccc7c56)c4)cc3c2c1. The van der Waals surface area contributed by atoms with Crippen molar-refractivity contribution in [3.05, 3.63) is 132 Å². The Hall–Kier alpha value is -5.26. The monoisotopic (exact) mass is 568 g/mol. The highest BCUT2D eigenvalue weighted by Gasteiger charge is 2.15. The minimum Gasteiger partial charge on any atom is -0.192 e. The van der Waals surface area contributed by atoms with Gasteiger partial charge in [0, 0.05) is 40.3 Å². The summed E-state index contributed by atoms with van der Waals surface area (Å²) in [6, 6.07) is 46.9. The number of thiophene rings is 2. The highest BCUT2D eigenvalue weighted by atomic mass is 32.1. The maximum absolute atomic E-state index is 9.95. The van der Waals surface area contributed by atoms with Crippen LogP contribution in [0.1, 0.15) is 11.1 Å². The van der Waals surface area contributed by atoms with Crippen LogP contribution in [0.5, 0.6) is 0 Å². The van der Waals surface area contributed by atoms with E-state index < -0.39 is 0 Å². The Morgan fingerprint density at radius 2 is 1.07 bits per heavy atom. The van der Waals surface area contributed by atoms with Crippen molar-refractivity contribution in [1.82, 2.24) is 0 Å². The molecule has 0 amide bonds. The van der Waals surface area contributed by atoms with Gasteiger partial charge in [-0.1, -0.05) is 54.6 Å². The number of hydrogen-bond donors (Lipinski definition) is 0. The fraction of sp³-hybridized carbons (Fsp3) is 0. The first kappa shape index (κ1) is 24.5. The number of rotatable bonds is 3. The van der Waals surface area contributed by atoms with Crippen molar-refractivity contribution in [2.24, 2.45) is 0 Å². The Labute approximate surface area is 250 Å². The first-order valence-electron chi connectivity index (χ1n) is 13.6. The molecule has 4 heteroatoms. The summed E-state index contributed by atoms with van der Waals surface area (Å²) < 4.78 is 4.91. The van der Waals surface area contributed by atoms with Gasteiger partial charge in [0.05, 0.1) is 23.3 Å². The van der Waals surface area contributed by atoms with Crippen molar-refractivity contribution in [3.8, 4) is 45.5 Å². The summed E-state index contributed by atoms with van der Waals surface area (Å²) in [5.74, 6) is 0. The second-order valence-corrected chi connectivity index (χ2v) is 12.5. The number of hydrogen-bond acceptors (Lipinski definition) is 4. The van der Waals surface area contributed by atoms with Crippen molar-refractivity contribution in [3.63, 3.8) is 0 Å². The van der Waals surface area contributed by atoms with E-state index in [2.05, 4.69) is 91.0 Å². The molecule has 2 aromatic heterocycles. The minimum absolute atomic E-state index is 0.656. The molecule has 0 saturated carbocycles. The fourth-order valence-corrected chi connectivity index (χ4v) is 8.18. The van der Waals surface area contributed by atoms with Gasteiger partial charge in [0.2, 0.25) is 0 Å². The Bertz CT molecular complexity index is 2450. The molecule has 0 spiro atoms. The number of nitrogens with zero attached hydrogens (tertiary/aromatic N) is 2. The largest absolute Gasteiger partial charge is 0.192 e. The van der Waals surface area contributed by atoms with E-state index in [9.17, 15) is 10.5 Å². The van der Waals surface area contributed by atoms with Crippen LogP contribution in [0, 0.1) is 22.7 Å². The third kappa shape index (κ3) is 3.90. The summed E-state index contributed by atoms with van der Waals surface area (Å²) in [4.78, 5) is 0. The predicted molar refractivity (Wildman–Crippen MR) is 178 cm³/mol. The first-order valence-corrected chi connectivity index (χ1v) is 15.3. The third-order valence-electron chi connectivity index (χ3n) is 7.94. The van der Waals surface area contributed by atoms with Gasteiger partial charge in [0.25, 0.3) is 0 Å². The average Bonchev–Trinajstić information content (AvgIpc) is 3.62. The Morgan fingerprint density at radius 3 is 1.93 bits per heavy atom. The Morgan fingerprint density at radius 1 is 0.429 bits per heavy atom. The van der Waals surface area contributed by atoms with E-state index in [1.807, 2.05) is 53.8 Å². The van der Waals surface area contributed by atoms with Crippen molar-refractivity contribution in [2.75, 3.05) is 0 Å². The zero-order chi connectivity index (χ0) is 28.2. The van der Waals surface area contributed by atoms with E-state index in [1.165, 1.54) is 35.1 Å². The zero-order valence-corrected chi connectivity index (χ0v) is 23.9. The second-order valence-electron chi connectivity index (χ2n) is 10.4. The van der Waals surface area contributed by atoms with Crippen LogP contribution in [-0.2, 0) is 0 Å².